The first-order valence-electron chi connectivity index (χ1n) is 8.92. The fourth-order valence-electron chi connectivity index (χ4n) is 3.25. The van der Waals surface area contributed by atoms with Crippen LogP contribution in [0.25, 0.3) is 0 Å². The largest absolute Gasteiger partial charge is 0.460 e. The molecule has 1 aliphatic rings. The molecular weight excluding hydrogens is 349 g/mol. The predicted molar refractivity (Wildman–Crippen MR) is 97.4 cm³/mol. The van der Waals surface area contributed by atoms with E-state index in [1.54, 1.807) is 12.1 Å². The Balaban J connectivity index is 1.61. The highest BCUT2D eigenvalue weighted by molar-refractivity contribution is 5.90. The van der Waals surface area contributed by atoms with Crippen LogP contribution in [0.5, 0.6) is 0 Å². The normalized spacial score (nSPS) is 15.7. The highest BCUT2D eigenvalue weighted by atomic mass is 19.1. The summed E-state index contributed by atoms with van der Waals surface area (Å²) in [6, 6.07) is 15.2. The van der Waals surface area contributed by atoms with Gasteiger partial charge >= 0.3 is 5.97 Å². The van der Waals surface area contributed by atoms with Crippen LogP contribution in [0.3, 0.4) is 0 Å². The lowest BCUT2D eigenvalue weighted by Gasteiger charge is -2.36. The summed E-state index contributed by atoms with van der Waals surface area (Å²) in [4.78, 5) is 24.9. The van der Waals surface area contributed by atoms with E-state index in [0.717, 1.165) is 11.1 Å². The van der Waals surface area contributed by atoms with Gasteiger partial charge in [0.25, 0.3) is 0 Å². The molecule has 0 bridgehead atoms. The molecule has 0 aromatic heterocycles. The van der Waals surface area contributed by atoms with Crippen molar-refractivity contribution < 1.29 is 23.5 Å². The van der Waals surface area contributed by atoms with Crippen LogP contribution in [0.4, 0.5) is 4.39 Å². The van der Waals surface area contributed by atoms with Crippen molar-refractivity contribution in [2.45, 2.75) is 24.9 Å². The maximum absolute atomic E-state index is 13.3. The maximum Gasteiger partial charge on any atom is 0.325 e. The quantitative estimate of drug-likeness (QED) is 0.793. The van der Waals surface area contributed by atoms with Gasteiger partial charge in [-0.3, -0.25) is 9.59 Å². The van der Waals surface area contributed by atoms with Crippen LogP contribution in [-0.2, 0) is 31.1 Å². The van der Waals surface area contributed by atoms with E-state index in [1.807, 2.05) is 30.3 Å². The molecule has 142 valence electrons. The summed E-state index contributed by atoms with van der Waals surface area (Å²) in [6.07, 6.45) is 0.951. The molecule has 0 atom stereocenters. The van der Waals surface area contributed by atoms with Crippen LogP contribution in [0.15, 0.2) is 54.6 Å². The summed E-state index contributed by atoms with van der Waals surface area (Å²) >= 11 is 0. The average Bonchev–Trinajstić information content (AvgIpc) is 2.72. The first-order chi connectivity index (χ1) is 13.1. The van der Waals surface area contributed by atoms with Crippen molar-refractivity contribution in [1.82, 2.24) is 5.32 Å². The van der Waals surface area contributed by atoms with E-state index in [1.165, 1.54) is 12.1 Å². The molecule has 0 aliphatic carbocycles. The number of esters is 1. The lowest BCUT2D eigenvalue weighted by atomic mass is 9.73. The van der Waals surface area contributed by atoms with Crippen molar-refractivity contribution in [2.75, 3.05) is 19.8 Å². The third-order valence-corrected chi connectivity index (χ3v) is 4.81. The summed E-state index contributed by atoms with van der Waals surface area (Å²) in [5, 5.41) is 2.68. The van der Waals surface area contributed by atoms with Gasteiger partial charge in [0.2, 0.25) is 5.91 Å². The number of amides is 1. The summed E-state index contributed by atoms with van der Waals surface area (Å²) in [7, 11) is 0. The zero-order valence-corrected chi connectivity index (χ0v) is 14.9. The van der Waals surface area contributed by atoms with Crippen LogP contribution in [0, 0.1) is 5.82 Å². The molecule has 5 nitrogen and oxygen atoms in total. The number of hydrogen-bond donors (Lipinski definition) is 1. The molecular formula is C21H22FNO4. The van der Waals surface area contributed by atoms with Crippen molar-refractivity contribution >= 4 is 11.9 Å². The van der Waals surface area contributed by atoms with Crippen LogP contribution in [-0.4, -0.2) is 31.6 Å². The number of carbonyl (C=O) groups excluding carboxylic acids is 2. The van der Waals surface area contributed by atoms with Gasteiger partial charge < -0.3 is 14.8 Å². The van der Waals surface area contributed by atoms with E-state index >= 15 is 0 Å². The smallest absolute Gasteiger partial charge is 0.325 e. The molecule has 2 aromatic carbocycles. The molecule has 27 heavy (non-hydrogen) atoms. The molecule has 0 spiro atoms. The molecule has 1 aliphatic heterocycles. The lowest BCUT2D eigenvalue weighted by molar-refractivity contribution is -0.146. The molecule has 1 amide bonds. The molecule has 0 saturated carbocycles. The van der Waals surface area contributed by atoms with E-state index < -0.39 is 11.4 Å². The van der Waals surface area contributed by atoms with E-state index in [-0.39, 0.29) is 24.9 Å². The van der Waals surface area contributed by atoms with Gasteiger partial charge in [-0.1, -0.05) is 42.5 Å². The molecule has 2 aromatic rings. The zero-order valence-electron chi connectivity index (χ0n) is 14.9. The van der Waals surface area contributed by atoms with Gasteiger partial charge in [0.1, 0.15) is 19.0 Å². The van der Waals surface area contributed by atoms with Gasteiger partial charge in [0.15, 0.2) is 0 Å². The fourth-order valence-corrected chi connectivity index (χ4v) is 3.25. The minimum atomic E-state index is -0.828. The SMILES string of the molecule is O=C(CNC(=O)C1(c2ccc(F)cc2)CCOCC1)OCc1ccccc1. The molecule has 1 N–H and O–H groups in total. The van der Waals surface area contributed by atoms with E-state index in [4.69, 9.17) is 9.47 Å². The maximum atomic E-state index is 13.3. The van der Waals surface area contributed by atoms with Gasteiger partial charge in [-0.25, -0.2) is 4.39 Å². The van der Waals surface area contributed by atoms with Crippen molar-refractivity contribution in [2.24, 2.45) is 0 Å². The van der Waals surface area contributed by atoms with Crippen LogP contribution in [0.1, 0.15) is 24.0 Å². The molecule has 1 fully saturated rings. The number of halogens is 1. The Bertz CT molecular complexity index is 771. The zero-order chi connectivity index (χ0) is 19.1. The number of rotatable bonds is 6. The lowest BCUT2D eigenvalue weighted by Crippen LogP contribution is -2.49. The fraction of sp³-hybridized carbons (Fsp3) is 0.333. The Morgan fingerprint density at radius 2 is 1.70 bits per heavy atom. The summed E-state index contributed by atoms with van der Waals surface area (Å²) < 4.78 is 23.9. The Morgan fingerprint density at radius 3 is 2.37 bits per heavy atom. The van der Waals surface area contributed by atoms with Crippen molar-refractivity contribution in [3.8, 4) is 0 Å². The number of nitrogens with one attached hydrogen (secondary N) is 1. The van der Waals surface area contributed by atoms with Crippen LogP contribution in [0.2, 0.25) is 0 Å². The van der Waals surface area contributed by atoms with Crippen LogP contribution < -0.4 is 5.32 Å². The third kappa shape index (κ3) is 4.71. The molecule has 6 heteroatoms. The van der Waals surface area contributed by atoms with E-state index in [9.17, 15) is 14.0 Å². The highest BCUT2D eigenvalue weighted by Crippen LogP contribution is 2.35. The van der Waals surface area contributed by atoms with Crippen molar-refractivity contribution in [3.63, 3.8) is 0 Å². The third-order valence-electron chi connectivity index (χ3n) is 4.81. The molecule has 0 radical (unpaired) electrons. The second kappa shape index (κ2) is 8.77. The standard InChI is InChI=1S/C21H22FNO4/c22-18-8-6-17(7-9-18)21(10-12-26-13-11-21)20(25)23-14-19(24)27-15-16-4-2-1-3-5-16/h1-9H,10-15H2,(H,23,25). The second-order valence-electron chi connectivity index (χ2n) is 6.53. The second-order valence-corrected chi connectivity index (χ2v) is 6.53. The minimum Gasteiger partial charge on any atom is -0.460 e. The Labute approximate surface area is 157 Å². The molecule has 0 unspecified atom stereocenters. The Hall–Kier alpha value is -2.73. The van der Waals surface area contributed by atoms with E-state index in [2.05, 4.69) is 5.32 Å². The molecule has 1 heterocycles. The predicted octanol–water partition coefficient (Wildman–Crippen LogP) is 2.73. The summed E-state index contributed by atoms with van der Waals surface area (Å²) in [6.45, 7) is 0.814. The van der Waals surface area contributed by atoms with Crippen molar-refractivity contribution in [3.05, 3.63) is 71.5 Å². The molecule has 1 saturated heterocycles. The molecule has 3 rings (SSSR count). The van der Waals surface area contributed by atoms with Crippen LogP contribution >= 0.6 is 0 Å². The summed E-state index contributed by atoms with van der Waals surface area (Å²) in [5.41, 5.74) is 0.776. The summed E-state index contributed by atoms with van der Waals surface area (Å²) in [5.74, 6) is -1.13. The van der Waals surface area contributed by atoms with Gasteiger partial charge in [-0.2, -0.15) is 0 Å². The number of ether oxygens (including phenoxy) is 2. The van der Waals surface area contributed by atoms with E-state index in [0.29, 0.717) is 26.1 Å². The van der Waals surface area contributed by atoms with Gasteiger partial charge in [0.05, 0.1) is 5.41 Å². The van der Waals surface area contributed by atoms with Gasteiger partial charge in [-0.05, 0) is 36.1 Å². The average molecular weight is 371 g/mol. The highest BCUT2D eigenvalue weighted by Gasteiger charge is 2.41. The monoisotopic (exact) mass is 371 g/mol. The number of carbonyl (C=O) groups is 2. The number of hydrogen-bond acceptors (Lipinski definition) is 4. The first-order valence-corrected chi connectivity index (χ1v) is 8.92. The van der Waals surface area contributed by atoms with Crippen molar-refractivity contribution in [1.29, 1.82) is 0 Å². The van der Waals surface area contributed by atoms with Gasteiger partial charge in [0, 0.05) is 13.2 Å². The minimum absolute atomic E-state index is 0.159. The van der Waals surface area contributed by atoms with Gasteiger partial charge in [-0.15, -0.1) is 0 Å². The Kier molecular flexibility index (Phi) is 6.19. The topological polar surface area (TPSA) is 64.6 Å². The number of benzene rings is 2. The first kappa shape index (κ1) is 19.0. The Morgan fingerprint density at radius 1 is 1.04 bits per heavy atom.